The van der Waals surface area contributed by atoms with E-state index < -0.39 is 0 Å². The monoisotopic (exact) mass is 109 g/mol. The Kier molecular flexibility index (Phi) is 1.12. The quantitative estimate of drug-likeness (QED) is 0.531. The molecule has 1 rings (SSSR count). The summed E-state index contributed by atoms with van der Waals surface area (Å²) in [5, 5.41) is 7.32. The molecule has 1 aromatic heterocycles. The van der Waals surface area contributed by atoms with Crippen LogP contribution < -0.4 is 0 Å². The largest absolute Gasteiger partial charge is 0.226 e. The fraction of sp³-hybridized carbons (Fsp3) is 0.200. The fourth-order valence-electron chi connectivity index (χ4n) is 0.475. The number of rotatable bonds is 1. The summed E-state index contributed by atoms with van der Waals surface area (Å²) in [6, 6.07) is 0. The van der Waals surface area contributed by atoms with Gasteiger partial charge >= 0.3 is 0 Å². The van der Waals surface area contributed by atoms with Gasteiger partial charge in [-0.3, -0.25) is 0 Å². The van der Waals surface area contributed by atoms with E-state index in [4.69, 9.17) is 0 Å². The Labute approximate surface area is 47.6 Å². The molecule has 3 nitrogen and oxygen atoms in total. The molecule has 1 aromatic rings. The number of aromatic nitrogens is 3. The normalized spacial score (nSPS) is 9.12. The second-order valence-electron chi connectivity index (χ2n) is 1.50. The Morgan fingerprint density at radius 1 is 1.88 bits per heavy atom. The molecule has 0 spiro atoms. The van der Waals surface area contributed by atoms with E-state index in [1.54, 1.807) is 17.1 Å². The molecule has 42 valence electrons. The van der Waals surface area contributed by atoms with E-state index in [0.717, 1.165) is 5.69 Å². The summed E-state index contributed by atoms with van der Waals surface area (Å²) in [6.45, 7) is 5.44. The molecule has 0 atom stereocenters. The molecule has 0 amide bonds. The van der Waals surface area contributed by atoms with E-state index in [1.807, 2.05) is 6.92 Å². The van der Waals surface area contributed by atoms with Gasteiger partial charge in [-0.25, -0.2) is 4.68 Å². The van der Waals surface area contributed by atoms with Crippen LogP contribution in [0.5, 0.6) is 0 Å². The number of aryl methyl sites for hydroxylation is 1. The van der Waals surface area contributed by atoms with Gasteiger partial charge in [-0.2, -0.15) is 0 Å². The molecule has 0 unspecified atom stereocenters. The lowest BCUT2D eigenvalue weighted by atomic mass is 10.5. The van der Waals surface area contributed by atoms with Crippen molar-refractivity contribution in [1.29, 1.82) is 0 Å². The molecule has 0 fully saturated rings. The van der Waals surface area contributed by atoms with Crippen LogP contribution in [0.2, 0.25) is 0 Å². The van der Waals surface area contributed by atoms with Crippen molar-refractivity contribution < 1.29 is 0 Å². The van der Waals surface area contributed by atoms with Gasteiger partial charge in [0.25, 0.3) is 0 Å². The van der Waals surface area contributed by atoms with Crippen LogP contribution in [0.15, 0.2) is 12.8 Å². The topological polar surface area (TPSA) is 30.7 Å². The third kappa shape index (κ3) is 0.621. The second-order valence-corrected chi connectivity index (χ2v) is 1.50. The van der Waals surface area contributed by atoms with E-state index in [9.17, 15) is 0 Å². The summed E-state index contributed by atoms with van der Waals surface area (Å²) in [5.74, 6) is 0. The van der Waals surface area contributed by atoms with Crippen molar-refractivity contribution in [3.8, 4) is 0 Å². The third-order valence-corrected chi connectivity index (χ3v) is 0.927. The lowest BCUT2D eigenvalue weighted by Gasteiger charge is -1.87. The van der Waals surface area contributed by atoms with Crippen molar-refractivity contribution in [3.63, 3.8) is 0 Å². The van der Waals surface area contributed by atoms with Gasteiger partial charge in [-0.1, -0.05) is 11.8 Å². The van der Waals surface area contributed by atoms with Gasteiger partial charge in [0.1, 0.15) is 0 Å². The van der Waals surface area contributed by atoms with Crippen LogP contribution in [0.3, 0.4) is 0 Å². The van der Waals surface area contributed by atoms with Crippen LogP contribution in [0.1, 0.15) is 5.69 Å². The number of nitrogens with zero attached hydrogens (tertiary/aromatic N) is 3. The Bertz CT molecular complexity index is 189. The van der Waals surface area contributed by atoms with Crippen molar-refractivity contribution in [2.24, 2.45) is 0 Å². The standard InChI is InChI=1S/C5H7N3/c1-3-8-5(2)4-6-7-8/h3-4H,1H2,2H3. The van der Waals surface area contributed by atoms with Gasteiger partial charge in [-0.15, -0.1) is 5.10 Å². The number of hydrogen-bond acceptors (Lipinski definition) is 2. The SMILES string of the molecule is C=Cn1nncc1C. The average molecular weight is 109 g/mol. The zero-order valence-electron chi connectivity index (χ0n) is 4.70. The van der Waals surface area contributed by atoms with E-state index >= 15 is 0 Å². The van der Waals surface area contributed by atoms with Crippen molar-refractivity contribution in [2.75, 3.05) is 0 Å². The van der Waals surface area contributed by atoms with E-state index in [-0.39, 0.29) is 0 Å². The molecule has 0 aliphatic heterocycles. The van der Waals surface area contributed by atoms with Gasteiger partial charge < -0.3 is 0 Å². The van der Waals surface area contributed by atoms with Crippen molar-refractivity contribution in [2.45, 2.75) is 6.92 Å². The van der Waals surface area contributed by atoms with Gasteiger partial charge in [0.15, 0.2) is 0 Å². The maximum Gasteiger partial charge on any atom is 0.0726 e. The zero-order chi connectivity index (χ0) is 5.98. The first kappa shape index (κ1) is 5.03. The molecule has 0 aliphatic carbocycles. The summed E-state index contributed by atoms with van der Waals surface area (Å²) in [4.78, 5) is 0. The maximum atomic E-state index is 3.68. The lowest BCUT2D eigenvalue weighted by Crippen LogP contribution is -1.89. The van der Waals surface area contributed by atoms with Gasteiger partial charge in [0.05, 0.1) is 11.9 Å². The fourth-order valence-corrected chi connectivity index (χ4v) is 0.475. The van der Waals surface area contributed by atoms with Crippen LogP contribution in [-0.4, -0.2) is 15.0 Å². The molecule has 1 heterocycles. The lowest BCUT2D eigenvalue weighted by molar-refractivity contribution is 0.824. The summed E-state index contributed by atoms with van der Waals surface area (Å²) in [6.07, 6.45) is 3.30. The third-order valence-electron chi connectivity index (χ3n) is 0.927. The van der Waals surface area contributed by atoms with Crippen LogP contribution >= 0.6 is 0 Å². The zero-order valence-corrected chi connectivity index (χ0v) is 4.70. The molecule has 0 aromatic carbocycles. The first-order chi connectivity index (χ1) is 3.84. The molecule has 0 saturated heterocycles. The molecular weight excluding hydrogens is 102 g/mol. The Morgan fingerprint density at radius 2 is 2.62 bits per heavy atom. The van der Waals surface area contributed by atoms with Crippen molar-refractivity contribution >= 4 is 6.20 Å². The Balaban J connectivity index is 3.09. The van der Waals surface area contributed by atoms with Gasteiger partial charge in [0.2, 0.25) is 0 Å². The summed E-state index contributed by atoms with van der Waals surface area (Å²) < 4.78 is 1.61. The molecular formula is C5H7N3. The van der Waals surface area contributed by atoms with E-state index in [1.165, 1.54) is 0 Å². The maximum absolute atomic E-state index is 3.68. The highest BCUT2D eigenvalue weighted by Crippen LogP contribution is 1.89. The molecule has 0 radical (unpaired) electrons. The van der Waals surface area contributed by atoms with Crippen molar-refractivity contribution in [3.05, 3.63) is 18.5 Å². The predicted octanol–water partition coefficient (Wildman–Crippen LogP) is 0.687. The molecule has 0 bridgehead atoms. The molecule has 0 saturated carbocycles. The predicted molar refractivity (Wildman–Crippen MR) is 31.1 cm³/mol. The van der Waals surface area contributed by atoms with Crippen LogP contribution in [0, 0.1) is 6.92 Å². The first-order valence-electron chi connectivity index (χ1n) is 2.34. The highest BCUT2D eigenvalue weighted by Gasteiger charge is 1.88. The molecule has 0 aliphatic rings. The summed E-state index contributed by atoms with van der Waals surface area (Å²) >= 11 is 0. The van der Waals surface area contributed by atoms with Crippen LogP contribution in [-0.2, 0) is 0 Å². The minimum Gasteiger partial charge on any atom is -0.226 e. The van der Waals surface area contributed by atoms with Crippen molar-refractivity contribution in [1.82, 2.24) is 15.0 Å². The highest BCUT2D eigenvalue weighted by atomic mass is 15.4. The first-order valence-corrected chi connectivity index (χ1v) is 2.34. The van der Waals surface area contributed by atoms with E-state index in [0.29, 0.717) is 0 Å². The Hall–Kier alpha value is -1.12. The number of hydrogen-bond donors (Lipinski definition) is 0. The van der Waals surface area contributed by atoms with Crippen LogP contribution in [0.4, 0.5) is 0 Å². The Morgan fingerprint density at radius 3 is 2.88 bits per heavy atom. The van der Waals surface area contributed by atoms with Crippen LogP contribution in [0.25, 0.3) is 6.20 Å². The average Bonchev–Trinajstić information content (AvgIpc) is 2.14. The van der Waals surface area contributed by atoms with E-state index in [2.05, 4.69) is 16.9 Å². The molecule has 8 heavy (non-hydrogen) atoms. The highest BCUT2D eigenvalue weighted by molar-refractivity contribution is 5.16. The second kappa shape index (κ2) is 1.78. The van der Waals surface area contributed by atoms with Gasteiger partial charge in [0, 0.05) is 6.20 Å². The summed E-state index contributed by atoms with van der Waals surface area (Å²) in [7, 11) is 0. The smallest absolute Gasteiger partial charge is 0.0726 e. The van der Waals surface area contributed by atoms with Gasteiger partial charge in [-0.05, 0) is 6.92 Å². The summed E-state index contributed by atoms with van der Waals surface area (Å²) in [5.41, 5.74) is 1.00. The molecule has 3 heteroatoms. The molecule has 0 N–H and O–H groups in total. The minimum atomic E-state index is 1.00. The minimum absolute atomic E-state index is 1.00.